The summed E-state index contributed by atoms with van der Waals surface area (Å²) in [6.45, 7) is 5.30. The van der Waals surface area contributed by atoms with E-state index in [1.807, 2.05) is 6.92 Å². The molecule has 1 aliphatic carbocycles. The Bertz CT molecular complexity index is 211. The summed E-state index contributed by atoms with van der Waals surface area (Å²) in [4.78, 5) is 7.92. The van der Waals surface area contributed by atoms with E-state index in [9.17, 15) is 0 Å². The lowest BCUT2D eigenvalue weighted by Crippen LogP contribution is -2.01. The Labute approximate surface area is 66.7 Å². The smallest absolute Gasteiger partial charge is 0.132 e. The van der Waals surface area contributed by atoms with Crippen LogP contribution in [-0.4, -0.2) is 12.6 Å². The number of allylic oxidation sites excluding steroid dienone is 1. The molecular weight excluding hydrogens is 138 g/mol. The maximum Gasteiger partial charge on any atom is 0.132 e. The van der Waals surface area contributed by atoms with Crippen LogP contribution in [0.15, 0.2) is 21.9 Å². The quantitative estimate of drug-likeness (QED) is 0.469. The van der Waals surface area contributed by atoms with E-state index >= 15 is 0 Å². The third kappa shape index (κ3) is 2.18. The molecule has 0 spiro atoms. The molecule has 2 N–H and O–H groups in total. The second-order valence-electron chi connectivity index (χ2n) is 2.62. The molecule has 0 saturated heterocycles. The van der Waals surface area contributed by atoms with Crippen molar-refractivity contribution in [2.45, 2.75) is 19.8 Å². The van der Waals surface area contributed by atoms with Crippen LogP contribution in [-0.2, 0) is 0 Å². The molecule has 3 nitrogen and oxygen atoms in total. The van der Waals surface area contributed by atoms with E-state index in [2.05, 4.69) is 16.7 Å². The molecule has 0 unspecified atom stereocenters. The maximum absolute atomic E-state index is 5.50. The number of nitrogens with two attached hydrogens (primary N) is 1. The number of hydrogen-bond donors (Lipinski definition) is 1. The molecule has 1 aliphatic rings. The van der Waals surface area contributed by atoms with Crippen molar-refractivity contribution in [3.63, 3.8) is 0 Å². The summed E-state index contributed by atoms with van der Waals surface area (Å²) in [6, 6.07) is 0. The van der Waals surface area contributed by atoms with Crippen LogP contribution < -0.4 is 5.73 Å². The first-order valence-electron chi connectivity index (χ1n) is 3.75. The summed E-state index contributed by atoms with van der Waals surface area (Å²) >= 11 is 0. The minimum Gasteiger partial charge on any atom is -0.384 e. The minimum absolute atomic E-state index is 0.519. The van der Waals surface area contributed by atoms with Crippen LogP contribution >= 0.6 is 0 Å². The van der Waals surface area contributed by atoms with E-state index in [4.69, 9.17) is 5.73 Å². The standard InChI is InChI=1S/C8H13N3/c1-3-7(9)11-8(10-2)6-4-5-6/h3,6H,2,4-5,9H2,1H3/b7-3-,11-8?. The van der Waals surface area contributed by atoms with Gasteiger partial charge in [0.1, 0.15) is 11.7 Å². The van der Waals surface area contributed by atoms with Gasteiger partial charge in [-0.25, -0.2) is 9.98 Å². The van der Waals surface area contributed by atoms with Crippen LogP contribution in [0.3, 0.4) is 0 Å². The van der Waals surface area contributed by atoms with Crippen LogP contribution in [0, 0.1) is 5.92 Å². The molecule has 0 aromatic heterocycles. The Hall–Kier alpha value is -1.12. The zero-order chi connectivity index (χ0) is 8.27. The van der Waals surface area contributed by atoms with Gasteiger partial charge in [0.2, 0.25) is 0 Å². The molecular formula is C8H13N3. The molecule has 0 aromatic rings. The van der Waals surface area contributed by atoms with Crippen LogP contribution in [0.25, 0.3) is 0 Å². The van der Waals surface area contributed by atoms with E-state index < -0.39 is 0 Å². The van der Waals surface area contributed by atoms with Gasteiger partial charge in [-0.05, 0) is 32.6 Å². The molecule has 0 bridgehead atoms. The van der Waals surface area contributed by atoms with Gasteiger partial charge in [-0.2, -0.15) is 0 Å². The molecule has 0 amide bonds. The van der Waals surface area contributed by atoms with Crippen molar-refractivity contribution in [1.29, 1.82) is 0 Å². The third-order valence-corrected chi connectivity index (χ3v) is 1.64. The summed E-state index contributed by atoms with van der Waals surface area (Å²) in [5.41, 5.74) is 5.50. The predicted octanol–water partition coefficient (Wildman–Crippen LogP) is 1.32. The second kappa shape index (κ2) is 3.32. The Morgan fingerprint density at radius 2 is 2.27 bits per heavy atom. The molecule has 3 heteroatoms. The van der Waals surface area contributed by atoms with E-state index in [1.165, 1.54) is 12.8 Å². The molecule has 0 heterocycles. The normalized spacial score (nSPS) is 20.1. The van der Waals surface area contributed by atoms with E-state index in [1.54, 1.807) is 6.08 Å². The second-order valence-corrected chi connectivity index (χ2v) is 2.62. The number of amidine groups is 1. The van der Waals surface area contributed by atoms with Crippen LogP contribution in [0.5, 0.6) is 0 Å². The summed E-state index contributed by atoms with van der Waals surface area (Å²) in [5, 5.41) is 0. The average Bonchev–Trinajstić information content (AvgIpc) is 2.82. The van der Waals surface area contributed by atoms with E-state index in [0.717, 1.165) is 5.84 Å². The largest absolute Gasteiger partial charge is 0.384 e. The number of aliphatic imine (C=N–C) groups is 2. The molecule has 1 saturated carbocycles. The lowest BCUT2D eigenvalue weighted by Gasteiger charge is -1.95. The monoisotopic (exact) mass is 151 g/mol. The Morgan fingerprint density at radius 3 is 2.64 bits per heavy atom. The first-order valence-corrected chi connectivity index (χ1v) is 3.75. The van der Waals surface area contributed by atoms with Gasteiger partial charge in [0.15, 0.2) is 0 Å². The SMILES string of the molecule is C=NC(=N/C(N)=C\C)C1CC1. The van der Waals surface area contributed by atoms with Crippen molar-refractivity contribution in [2.75, 3.05) is 0 Å². The lowest BCUT2D eigenvalue weighted by atomic mass is 10.4. The topological polar surface area (TPSA) is 50.7 Å². The van der Waals surface area contributed by atoms with E-state index in [-0.39, 0.29) is 0 Å². The van der Waals surface area contributed by atoms with Crippen LogP contribution in [0.2, 0.25) is 0 Å². The average molecular weight is 151 g/mol. The third-order valence-electron chi connectivity index (χ3n) is 1.64. The van der Waals surface area contributed by atoms with Gasteiger partial charge >= 0.3 is 0 Å². The van der Waals surface area contributed by atoms with Gasteiger partial charge in [-0.3, -0.25) is 0 Å². The van der Waals surface area contributed by atoms with Gasteiger partial charge in [0.05, 0.1) is 0 Å². The molecule has 0 radical (unpaired) electrons. The van der Waals surface area contributed by atoms with Crippen molar-refractivity contribution in [1.82, 2.24) is 0 Å². The molecule has 1 fully saturated rings. The Morgan fingerprint density at radius 1 is 1.64 bits per heavy atom. The number of nitrogens with zero attached hydrogens (tertiary/aromatic N) is 2. The summed E-state index contributed by atoms with van der Waals surface area (Å²) in [7, 11) is 0. The fraction of sp³-hybridized carbons (Fsp3) is 0.500. The fourth-order valence-corrected chi connectivity index (χ4v) is 0.794. The first kappa shape index (κ1) is 7.98. The predicted molar refractivity (Wildman–Crippen MR) is 47.7 cm³/mol. The molecule has 0 aliphatic heterocycles. The molecule has 1 rings (SSSR count). The van der Waals surface area contributed by atoms with Gasteiger partial charge in [0.25, 0.3) is 0 Å². The number of hydrogen-bond acceptors (Lipinski definition) is 2. The van der Waals surface area contributed by atoms with Crippen molar-refractivity contribution in [2.24, 2.45) is 21.6 Å². The highest BCUT2D eigenvalue weighted by Crippen LogP contribution is 2.31. The summed E-state index contributed by atoms with van der Waals surface area (Å²) in [5.74, 6) is 1.84. The van der Waals surface area contributed by atoms with Crippen LogP contribution in [0.4, 0.5) is 0 Å². The highest BCUT2D eigenvalue weighted by Gasteiger charge is 2.26. The minimum atomic E-state index is 0.519. The molecule has 11 heavy (non-hydrogen) atoms. The van der Waals surface area contributed by atoms with Gasteiger partial charge in [0, 0.05) is 5.92 Å². The zero-order valence-electron chi connectivity index (χ0n) is 6.75. The number of rotatable bonds is 2. The fourth-order valence-electron chi connectivity index (χ4n) is 0.794. The first-order chi connectivity index (χ1) is 5.27. The molecule has 0 atom stereocenters. The Kier molecular flexibility index (Phi) is 2.41. The van der Waals surface area contributed by atoms with Crippen molar-refractivity contribution >= 4 is 12.6 Å². The van der Waals surface area contributed by atoms with E-state index in [0.29, 0.717) is 11.7 Å². The van der Waals surface area contributed by atoms with Crippen LogP contribution in [0.1, 0.15) is 19.8 Å². The van der Waals surface area contributed by atoms with Gasteiger partial charge in [-0.15, -0.1) is 0 Å². The molecule has 60 valence electrons. The van der Waals surface area contributed by atoms with Gasteiger partial charge < -0.3 is 5.73 Å². The zero-order valence-corrected chi connectivity index (χ0v) is 6.75. The summed E-state index contributed by atoms with van der Waals surface area (Å²) < 4.78 is 0. The van der Waals surface area contributed by atoms with Gasteiger partial charge in [-0.1, -0.05) is 0 Å². The van der Waals surface area contributed by atoms with Crippen molar-refractivity contribution in [3.8, 4) is 0 Å². The molecule has 0 aromatic carbocycles. The highest BCUT2D eigenvalue weighted by atomic mass is 15.0. The highest BCUT2D eigenvalue weighted by molar-refractivity contribution is 5.90. The van der Waals surface area contributed by atoms with Crippen molar-refractivity contribution in [3.05, 3.63) is 11.9 Å². The summed E-state index contributed by atoms with van der Waals surface area (Å²) in [6.07, 6.45) is 4.11. The van der Waals surface area contributed by atoms with Crippen molar-refractivity contribution < 1.29 is 0 Å². The lowest BCUT2D eigenvalue weighted by molar-refractivity contribution is 1.11. The maximum atomic E-state index is 5.50. The Balaban J connectivity index is 2.65.